The van der Waals surface area contributed by atoms with E-state index in [0.717, 1.165) is 18.4 Å². The number of unbranched alkanes of at least 4 members (excludes halogenated alkanes) is 3. The first-order chi connectivity index (χ1) is 8.22. The van der Waals surface area contributed by atoms with Crippen molar-refractivity contribution in [1.29, 1.82) is 0 Å². The fraction of sp³-hybridized carbons (Fsp3) is 0.500. The number of nitrogens with one attached hydrogen (secondary N) is 1. The third-order valence-corrected chi connectivity index (χ3v) is 2.66. The van der Waals surface area contributed by atoms with Crippen LogP contribution in [-0.2, 0) is 11.3 Å². The van der Waals surface area contributed by atoms with Gasteiger partial charge in [0.15, 0.2) is 0 Å². The van der Waals surface area contributed by atoms with Gasteiger partial charge in [0.05, 0.1) is 0 Å². The molecule has 3 heteroatoms. The van der Waals surface area contributed by atoms with Gasteiger partial charge in [-0.2, -0.15) is 0 Å². The number of rotatable bonds is 7. The fourth-order valence-electron chi connectivity index (χ4n) is 1.67. The van der Waals surface area contributed by atoms with Crippen LogP contribution in [0.5, 0.6) is 5.75 Å². The quantitative estimate of drug-likeness (QED) is 0.714. The molecule has 0 saturated carbocycles. The van der Waals surface area contributed by atoms with Crippen molar-refractivity contribution in [3.63, 3.8) is 0 Å². The first-order valence-electron chi connectivity index (χ1n) is 6.27. The first-order valence-corrected chi connectivity index (χ1v) is 6.27. The van der Waals surface area contributed by atoms with Crippen molar-refractivity contribution in [2.75, 3.05) is 0 Å². The number of phenolic OH excluding ortho intramolecular Hbond substituents is 1. The average molecular weight is 235 g/mol. The van der Waals surface area contributed by atoms with Gasteiger partial charge in [0.1, 0.15) is 5.75 Å². The van der Waals surface area contributed by atoms with Gasteiger partial charge in [-0.15, -0.1) is 0 Å². The number of phenols is 1. The van der Waals surface area contributed by atoms with E-state index in [1.54, 1.807) is 18.2 Å². The highest BCUT2D eigenvalue weighted by Gasteiger charge is 2.01. The summed E-state index contributed by atoms with van der Waals surface area (Å²) in [6.45, 7) is 2.64. The molecule has 1 aromatic rings. The number of hydrogen-bond donors (Lipinski definition) is 2. The molecule has 0 aliphatic carbocycles. The molecule has 0 fully saturated rings. The van der Waals surface area contributed by atoms with Crippen molar-refractivity contribution in [3.05, 3.63) is 29.8 Å². The molecule has 1 aromatic carbocycles. The van der Waals surface area contributed by atoms with Crippen LogP contribution in [0.1, 0.15) is 44.6 Å². The van der Waals surface area contributed by atoms with E-state index in [4.69, 9.17) is 0 Å². The molecule has 0 aliphatic rings. The van der Waals surface area contributed by atoms with E-state index in [0.29, 0.717) is 13.0 Å². The Kier molecular flexibility index (Phi) is 6.15. The lowest BCUT2D eigenvalue weighted by Crippen LogP contribution is -2.22. The van der Waals surface area contributed by atoms with Gasteiger partial charge >= 0.3 is 0 Å². The third kappa shape index (κ3) is 5.95. The van der Waals surface area contributed by atoms with Gasteiger partial charge in [0.25, 0.3) is 0 Å². The lowest BCUT2D eigenvalue weighted by atomic mass is 10.1. The minimum atomic E-state index is 0.0874. The van der Waals surface area contributed by atoms with E-state index in [9.17, 15) is 9.90 Å². The molecule has 94 valence electrons. The van der Waals surface area contributed by atoms with E-state index in [-0.39, 0.29) is 11.7 Å². The zero-order valence-corrected chi connectivity index (χ0v) is 10.4. The molecule has 3 nitrogen and oxygen atoms in total. The van der Waals surface area contributed by atoms with Crippen LogP contribution in [0, 0.1) is 0 Å². The molecule has 0 spiro atoms. The molecule has 17 heavy (non-hydrogen) atoms. The van der Waals surface area contributed by atoms with Crippen LogP contribution in [0.4, 0.5) is 0 Å². The Balaban J connectivity index is 2.19. The molecule has 2 N–H and O–H groups in total. The number of carbonyl (C=O) groups is 1. The highest BCUT2D eigenvalue weighted by Crippen LogP contribution is 2.10. The van der Waals surface area contributed by atoms with Gasteiger partial charge in [-0.1, -0.05) is 38.3 Å². The van der Waals surface area contributed by atoms with Crippen molar-refractivity contribution >= 4 is 5.91 Å². The molecule has 0 unspecified atom stereocenters. The van der Waals surface area contributed by atoms with E-state index in [2.05, 4.69) is 12.2 Å². The summed E-state index contributed by atoms with van der Waals surface area (Å²) in [5, 5.41) is 12.1. The maximum atomic E-state index is 11.5. The zero-order valence-electron chi connectivity index (χ0n) is 10.4. The lowest BCUT2D eigenvalue weighted by Gasteiger charge is -2.05. The Bertz CT molecular complexity index is 350. The molecule has 1 rings (SSSR count). The second kappa shape index (κ2) is 7.71. The number of amides is 1. The lowest BCUT2D eigenvalue weighted by molar-refractivity contribution is -0.121. The highest BCUT2D eigenvalue weighted by atomic mass is 16.3. The molecule has 0 atom stereocenters. The maximum absolute atomic E-state index is 11.5. The Labute approximate surface area is 103 Å². The molecular formula is C14H21NO2. The van der Waals surface area contributed by atoms with E-state index in [1.807, 2.05) is 6.07 Å². The Morgan fingerprint density at radius 2 is 2.12 bits per heavy atom. The van der Waals surface area contributed by atoms with Gasteiger partial charge in [-0.25, -0.2) is 0 Å². The summed E-state index contributed by atoms with van der Waals surface area (Å²) in [6, 6.07) is 6.95. The molecule has 0 radical (unpaired) electrons. The molecule has 0 saturated heterocycles. The highest BCUT2D eigenvalue weighted by molar-refractivity contribution is 5.75. The average Bonchev–Trinajstić information content (AvgIpc) is 2.32. The molecule has 0 bridgehead atoms. The van der Waals surface area contributed by atoms with Crippen molar-refractivity contribution < 1.29 is 9.90 Å². The van der Waals surface area contributed by atoms with Gasteiger partial charge in [-0.3, -0.25) is 4.79 Å². The fourth-order valence-corrected chi connectivity index (χ4v) is 1.67. The summed E-state index contributed by atoms with van der Waals surface area (Å²) in [6.07, 6.45) is 5.05. The Morgan fingerprint density at radius 3 is 2.82 bits per heavy atom. The van der Waals surface area contributed by atoms with Crippen LogP contribution in [0.3, 0.4) is 0 Å². The maximum Gasteiger partial charge on any atom is 0.220 e. The second-order valence-corrected chi connectivity index (χ2v) is 4.26. The summed E-state index contributed by atoms with van der Waals surface area (Å²) >= 11 is 0. The topological polar surface area (TPSA) is 49.3 Å². The zero-order chi connectivity index (χ0) is 12.5. The number of aromatic hydroxyl groups is 1. The molecular weight excluding hydrogens is 214 g/mol. The van der Waals surface area contributed by atoms with Crippen LogP contribution in [0.25, 0.3) is 0 Å². The predicted octanol–water partition coefficient (Wildman–Crippen LogP) is 2.98. The van der Waals surface area contributed by atoms with Gasteiger partial charge < -0.3 is 10.4 Å². The van der Waals surface area contributed by atoms with Crippen LogP contribution < -0.4 is 5.32 Å². The Hall–Kier alpha value is -1.51. The molecule has 0 heterocycles. The minimum absolute atomic E-state index is 0.0874. The van der Waals surface area contributed by atoms with Crippen LogP contribution >= 0.6 is 0 Å². The summed E-state index contributed by atoms with van der Waals surface area (Å²) in [4.78, 5) is 11.5. The Morgan fingerprint density at radius 1 is 1.29 bits per heavy atom. The van der Waals surface area contributed by atoms with Crippen LogP contribution in [-0.4, -0.2) is 11.0 Å². The monoisotopic (exact) mass is 235 g/mol. The van der Waals surface area contributed by atoms with Gasteiger partial charge in [0, 0.05) is 13.0 Å². The number of carbonyl (C=O) groups excluding carboxylic acids is 1. The second-order valence-electron chi connectivity index (χ2n) is 4.26. The number of benzene rings is 1. The minimum Gasteiger partial charge on any atom is -0.508 e. The van der Waals surface area contributed by atoms with Crippen molar-refractivity contribution in [2.24, 2.45) is 0 Å². The van der Waals surface area contributed by atoms with Crippen LogP contribution in [0.15, 0.2) is 24.3 Å². The van der Waals surface area contributed by atoms with Crippen LogP contribution in [0.2, 0.25) is 0 Å². The first kappa shape index (κ1) is 13.6. The van der Waals surface area contributed by atoms with Crippen molar-refractivity contribution in [1.82, 2.24) is 5.32 Å². The summed E-state index contributed by atoms with van der Waals surface area (Å²) in [5.74, 6) is 0.323. The SMILES string of the molecule is CCCCCCC(=O)NCc1cccc(O)c1. The summed E-state index contributed by atoms with van der Waals surface area (Å²) in [7, 11) is 0. The largest absolute Gasteiger partial charge is 0.508 e. The van der Waals surface area contributed by atoms with Gasteiger partial charge in [-0.05, 0) is 24.1 Å². The standard InChI is InChI=1S/C14H21NO2/c1-2-3-4-5-9-14(17)15-11-12-7-6-8-13(16)10-12/h6-8,10,16H,2-5,9,11H2,1H3,(H,15,17). The van der Waals surface area contributed by atoms with E-state index >= 15 is 0 Å². The normalized spacial score (nSPS) is 10.2. The van der Waals surface area contributed by atoms with Gasteiger partial charge in [0.2, 0.25) is 5.91 Å². The predicted molar refractivity (Wildman–Crippen MR) is 68.7 cm³/mol. The van der Waals surface area contributed by atoms with Crippen molar-refractivity contribution in [2.45, 2.75) is 45.6 Å². The summed E-state index contributed by atoms with van der Waals surface area (Å²) < 4.78 is 0. The molecule has 0 aromatic heterocycles. The third-order valence-electron chi connectivity index (χ3n) is 2.66. The summed E-state index contributed by atoms with van der Waals surface area (Å²) in [5.41, 5.74) is 0.923. The molecule has 0 aliphatic heterocycles. The number of hydrogen-bond acceptors (Lipinski definition) is 2. The smallest absolute Gasteiger partial charge is 0.220 e. The van der Waals surface area contributed by atoms with E-state index in [1.165, 1.54) is 12.8 Å². The van der Waals surface area contributed by atoms with Crippen molar-refractivity contribution in [3.8, 4) is 5.75 Å². The van der Waals surface area contributed by atoms with E-state index < -0.39 is 0 Å². The molecule has 1 amide bonds.